The summed E-state index contributed by atoms with van der Waals surface area (Å²) < 4.78 is 32.5. The molecule has 0 radical (unpaired) electrons. The van der Waals surface area contributed by atoms with Crippen molar-refractivity contribution < 1.29 is 13.2 Å². The zero-order chi connectivity index (χ0) is 15.5. The Balaban J connectivity index is 2.21. The third-order valence-electron chi connectivity index (χ3n) is 3.26. The Bertz CT molecular complexity index is 709. The van der Waals surface area contributed by atoms with Gasteiger partial charge in [-0.1, -0.05) is 29.8 Å². The van der Waals surface area contributed by atoms with Crippen LogP contribution < -0.4 is 9.46 Å². The van der Waals surface area contributed by atoms with Crippen LogP contribution in [-0.2, 0) is 10.0 Å². The molecule has 2 aromatic carbocycles. The first-order chi connectivity index (χ1) is 9.92. The van der Waals surface area contributed by atoms with Crippen molar-refractivity contribution in [1.29, 1.82) is 0 Å². The molecule has 0 heterocycles. The second kappa shape index (κ2) is 6.28. The molecule has 0 bridgehead atoms. The molecule has 2 rings (SSSR count). The Labute approximate surface area is 125 Å². The van der Waals surface area contributed by atoms with Crippen LogP contribution in [-0.4, -0.2) is 15.5 Å². The quantitative estimate of drug-likeness (QED) is 0.923. The lowest BCUT2D eigenvalue weighted by molar-refractivity contribution is 0.413. The van der Waals surface area contributed by atoms with Gasteiger partial charge in [-0.3, -0.25) is 0 Å². The Morgan fingerprint density at radius 1 is 1.10 bits per heavy atom. The van der Waals surface area contributed by atoms with Gasteiger partial charge in [-0.25, -0.2) is 13.1 Å². The van der Waals surface area contributed by atoms with Crippen LogP contribution in [0.2, 0.25) is 0 Å². The fourth-order valence-corrected chi connectivity index (χ4v) is 3.23. The zero-order valence-electron chi connectivity index (χ0n) is 12.3. The molecule has 0 aromatic heterocycles. The maximum Gasteiger partial charge on any atom is 0.241 e. The molecule has 0 fully saturated rings. The zero-order valence-corrected chi connectivity index (χ0v) is 13.1. The smallest absolute Gasteiger partial charge is 0.241 e. The molecule has 0 saturated carbocycles. The second-order valence-electron chi connectivity index (χ2n) is 4.93. The van der Waals surface area contributed by atoms with Crippen LogP contribution in [0.5, 0.6) is 5.75 Å². The van der Waals surface area contributed by atoms with Crippen molar-refractivity contribution in [3.63, 3.8) is 0 Å². The van der Waals surface area contributed by atoms with Crippen molar-refractivity contribution in [2.24, 2.45) is 0 Å². The van der Waals surface area contributed by atoms with E-state index in [0.717, 1.165) is 11.1 Å². The number of nitrogens with one attached hydrogen (secondary N) is 1. The molecule has 112 valence electrons. The van der Waals surface area contributed by atoms with Crippen molar-refractivity contribution in [3.05, 3.63) is 59.7 Å². The third kappa shape index (κ3) is 3.83. The van der Waals surface area contributed by atoms with Crippen LogP contribution in [0.15, 0.2) is 53.4 Å². The topological polar surface area (TPSA) is 55.4 Å². The molecule has 0 unspecified atom stereocenters. The highest BCUT2D eigenvalue weighted by atomic mass is 32.2. The summed E-state index contributed by atoms with van der Waals surface area (Å²) in [6.45, 7) is 3.73. The molecular formula is C16H19NO3S. The average molecular weight is 305 g/mol. The summed E-state index contributed by atoms with van der Waals surface area (Å²) in [4.78, 5) is 0.267. The summed E-state index contributed by atoms with van der Waals surface area (Å²) >= 11 is 0. The summed E-state index contributed by atoms with van der Waals surface area (Å²) in [7, 11) is -1.95. The van der Waals surface area contributed by atoms with E-state index in [-0.39, 0.29) is 10.9 Å². The molecule has 1 atom stereocenters. The van der Waals surface area contributed by atoms with Gasteiger partial charge >= 0.3 is 0 Å². The van der Waals surface area contributed by atoms with Gasteiger partial charge in [-0.05, 0) is 43.7 Å². The van der Waals surface area contributed by atoms with Gasteiger partial charge in [0.05, 0.1) is 12.0 Å². The minimum Gasteiger partial charge on any atom is -0.497 e. The number of aryl methyl sites for hydroxylation is 1. The average Bonchev–Trinajstić information content (AvgIpc) is 2.47. The predicted octanol–water partition coefficient (Wildman–Crippen LogP) is 3.04. The Morgan fingerprint density at radius 3 is 2.38 bits per heavy atom. The predicted molar refractivity (Wildman–Crippen MR) is 82.9 cm³/mol. The second-order valence-corrected chi connectivity index (χ2v) is 6.65. The molecule has 2 aromatic rings. The van der Waals surface area contributed by atoms with Crippen LogP contribution in [0.4, 0.5) is 0 Å². The SMILES string of the molecule is COc1cccc([C@@H](C)NS(=O)(=O)c2ccc(C)cc2)c1. The van der Waals surface area contributed by atoms with E-state index in [0.29, 0.717) is 5.75 Å². The van der Waals surface area contributed by atoms with Crippen LogP contribution >= 0.6 is 0 Å². The first kappa shape index (κ1) is 15.5. The lowest BCUT2D eigenvalue weighted by atomic mass is 10.1. The monoisotopic (exact) mass is 305 g/mol. The Kier molecular flexibility index (Phi) is 4.65. The van der Waals surface area contributed by atoms with Crippen molar-refractivity contribution in [2.45, 2.75) is 24.8 Å². The molecule has 21 heavy (non-hydrogen) atoms. The van der Waals surface area contributed by atoms with E-state index in [2.05, 4.69) is 4.72 Å². The van der Waals surface area contributed by atoms with Gasteiger partial charge in [0, 0.05) is 6.04 Å². The highest BCUT2D eigenvalue weighted by Crippen LogP contribution is 2.21. The van der Waals surface area contributed by atoms with E-state index in [4.69, 9.17) is 4.74 Å². The van der Waals surface area contributed by atoms with Gasteiger partial charge in [0.2, 0.25) is 10.0 Å². The van der Waals surface area contributed by atoms with Crippen LogP contribution in [0.1, 0.15) is 24.1 Å². The number of ether oxygens (including phenoxy) is 1. The molecule has 0 spiro atoms. The minimum absolute atomic E-state index is 0.267. The van der Waals surface area contributed by atoms with E-state index in [1.165, 1.54) is 0 Å². The molecule has 0 amide bonds. The van der Waals surface area contributed by atoms with E-state index in [1.54, 1.807) is 38.3 Å². The molecule has 0 aliphatic carbocycles. The van der Waals surface area contributed by atoms with Gasteiger partial charge in [0.15, 0.2) is 0 Å². The fourth-order valence-electron chi connectivity index (χ4n) is 2.00. The summed E-state index contributed by atoms with van der Waals surface area (Å²) in [5, 5.41) is 0. The highest BCUT2D eigenvalue weighted by molar-refractivity contribution is 7.89. The largest absolute Gasteiger partial charge is 0.497 e. The first-order valence-corrected chi connectivity index (χ1v) is 8.13. The van der Waals surface area contributed by atoms with Gasteiger partial charge in [-0.15, -0.1) is 0 Å². The standard InChI is InChI=1S/C16H19NO3S/c1-12-7-9-16(10-8-12)21(18,19)17-13(2)14-5-4-6-15(11-14)20-3/h4-11,13,17H,1-3H3/t13-/m1/s1. The first-order valence-electron chi connectivity index (χ1n) is 6.65. The van der Waals surface area contributed by atoms with Crippen molar-refractivity contribution in [3.8, 4) is 5.75 Å². The van der Waals surface area contributed by atoms with E-state index >= 15 is 0 Å². The fraction of sp³-hybridized carbons (Fsp3) is 0.250. The maximum atomic E-state index is 12.3. The molecule has 0 aliphatic rings. The summed E-state index contributed by atoms with van der Waals surface area (Å²) in [5.74, 6) is 0.703. The summed E-state index contributed by atoms with van der Waals surface area (Å²) in [6, 6.07) is 13.8. The molecule has 4 nitrogen and oxygen atoms in total. The minimum atomic E-state index is -3.53. The summed E-state index contributed by atoms with van der Waals surface area (Å²) in [5.41, 5.74) is 1.87. The third-order valence-corrected chi connectivity index (χ3v) is 4.81. The van der Waals surface area contributed by atoms with E-state index < -0.39 is 10.0 Å². The number of sulfonamides is 1. The van der Waals surface area contributed by atoms with E-state index in [9.17, 15) is 8.42 Å². The Morgan fingerprint density at radius 2 is 1.76 bits per heavy atom. The molecule has 0 saturated heterocycles. The highest BCUT2D eigenvalue weighted by Gasteiger charge is 2.18. The Hall–Kier alpha value is -1.85. The van der Waals surface area contributed by atoms with Gasteiger partial charge in [0.25, 0.3) is 0 Å². The van der Waals surface area contributed by atoms with Crippen molar-refractivity contribution in [2.75, 3.05) is 7.11 Å². The number of benzene rings is 2. The van der Waals surface area contributed by atoms with Gasteiger partial charge in [-0.2, -0.15) is 0 Å². The summed E-state index contributed by atoms with van der Waals surface area (Å²) in [6.07, 6.45) is 0. The normalized spacial score (nSPS) is 12.9. The van der Waals surface area contributed by atoms with Crippen molar-refractivity contribution >= 4 is 10.0 Å². The molecule has 5 heteroatoms. The lowest BCUT2D eigenvalue weighted by Gasteiger charge is -2.15. The van der Waals surface area contributed by atoms with Crippen LogP contribution in [0.3, 0.4) is 0 Å². The van der Waals surface area contributed by atoms with Gasteiger partial charge in [0.1, 0.15) is 5.75 Å². The number of methoxy groups -OCH3 is 1. The number of rotatable bonds is 5. The molecule has 0 aliphatic heterocycles. The molecular weight excluding hydrogens is 286 g/mol. The molecule has 1 N–H and O–H groups in total. The maximum absolute atomic E-state index is 12.3. The number of hydrogen-bond acceptors (Lipinski definition) is 3. The van der Waals surface area contributed by atoms with Gasteiger partial charge < -0.3 is 4.74 Å². The van der Waals surface area contributed by atoms with Crippen LogP contribution in [0, 0.1) is 6.92 Å². The van der Waals surface area contributed by atoms with Crippen molar-refractivity contribution in [1.82, 2.24) is 4.72 Å². The van der Waals surface area contributed by atoms with Crippen LogP contribution in [0.25, 0.3) is 0 Å². The van der Waals surface area contributed by atoms with E-state index in [1.807, 2.05) is 31.2 Å². The lowest BCUT2D eigenvalue weighted by Crippen LogP contribution is -2.26. The number of hydrogen-bond donors (Lipinski definition) is 1.